The van der Waals surface area contributed by atoms with E-state index in [9.17, 15) is 14.4 Å². The second-order valence-electron chi connectivity index (χ2n) is 8.21. The monoisotopic (exact) mass is 408 g/mol. The number of para-hydroxylation sites is 1. The molecule has 2 fully saturated rings. The molecule has 1 aromatic carbocycles. The fourth-order valence-electron chi connectivity index (χ4n) is 4.35. The van der Waals surface area contributed by atoms with Crippen molar-refractivity contribution >= 4 is 11.8 Å². The molecule has 1 aromatic heterocycles. The molecule has 1 saturated heterocycles. The van der Waals surface area contributed by atoms with Crippen LogP contribution in [0.3, 0.4) is 0 Å². The highest BCUT2D eigenvalue weighted by Gasteiger charge is 2.28. The fraction of sp³-hybridized carbons (Fsp3) is 0.478. The molecule has 1 aliphatic carbocycles. The van der Waals surface area contributed by atoms with Crippen molar-refractivity contribution in [1.82, 2.24) is 20.0 Å². The van der Waals surface area contributed by atoms with Gasteiger partial charge in [0.05, 0.1) is 5.69 Å². The third-order valence-electron chi connectivity index (χ3n) is 6.12. The van der Waals surface area contributed by atoms with Gasteiger partial charge in [0, 0.05) is 31.1 Å². The zero-order chi connectivity index (χ0) is 20.9. The summed E-state index contributed by atoms with van der Waals surface area (Å²) in [5, 5.41) is 7.48. The van der Waals surface area contributed by atoms with Crippen molar-refractivity contribution in [2.45, 2.75) is 51.0 Å². The van der Waals surface area contributed by atoms with Crippen molar-refractivity contribution in [2.75, 3.05) is 13.1 Å². The maximum Gasteiger partial charge on any atom is 0.274 e. The number of carbonyl (C=O) groups excluding carboxylic acids is 2. The minimum atomic E-state index is -0.276. The Labute approximate surface area is 176 Å². The minimum absolute atomic E-state index is 0.120. The molecule has 0 unspecified atom stereocenters. The van der Waals surface area contributed by atoms with Gasteiger partial charge in [-0.25, -0.2) is 0 Å². The number of aromatic nitrogens is 2. The summed E-state index contributed by atoms with van der Waals surface area (Å²) in [5.41, 5.74) is 0.603. The molecule has 0 atom stereocenters. The number of nitrogens with one attached hydrogen (secondary N) is 1. The smallest absolute Gasteiger partial charge is 0.274 e. The first-order chi connectivity index (χ1) is 14.6. The normalized spacial score (nSPS) is 18.2. The number of rotatable bonds is 4. The SMILES string of the molecule is O=C(NC1CCN(C(=O)c2ccc(=O)n(-c3ccccc3)n2)CC1)C1CCCCC1. The van der Waals surface area contributed by atoms with Crippen molar-refractivity contribution in [3.05, 3.63) is 58.5 Å². The van der Waals surface area contributed by atoms with Crippen LogP contribution in [0.15, 0.2) is 47.3 Å². The van der Waals surface area contributed by atoms with E-state index in [-0.39, 0.29) is 35.0 Å². The van der Waals surface area contributed by atoms with E-state index < -0.39 is 0 Å². The molecule has 1 saturated carbocycles. The molecule has 0 bridgehead atoms. The average Bonchev–Trinajstić information content (AvgIpc) is 2.80. The van der Waals surface area contributed by atoms with E-state index in [2.05, 4.69) is 10.4 Å². The minimum Gasteiger partial charge on any atom is -0.353 e. The zero-order valence-electron chi connectivity index (χ0n) is 17.1. The Balaban J connectivity index is 1.36. The summed E-state index contributed by atoms with van der Waals surface area (Å²) >= 11 is 0. The molecule has 2 heterocycles. The van der Waals surface area contributed by atoms with Gasteiger partial charge in [0.1, 0.15) is 5.69 Å². The molecule has 4 rings (SSSR count). The highest BCUT2D eigenvalue weighted by Crippen LogP contribution is 2.24. The number of likely N-dealkylation sites (tertiary alicyclic amines) is 1. The van der Waals surface area contributed by atoms with E-state index in [1.165, 1.54) is 23.2 Å². The summed E-state index contributed by atoms with van der Waals surface area (Å²) in [6, 6.07) is 12.1. The van der Waals surface area contributed by atoms with Crippen LogP contribution in [0.5, 0.6) is 0 Å². The summed E-state index contributed by atoms with van der Waals surface area (Å²) < 4.78 is 1.25. The van der Waals surface area contributed by atoms with Crippen LogP contribution in [0.4, 0.5) is 0 Å². The summed E-state index contributed by atoms with van der Waals surface area (Å²) in [5.74, 6) is 0.148. The van der Waals surface area contributed by atoms with Crippen LogP contribution in [0.1, 0.15) is 55.4 Å². The van der Waals surface area contributed by atoms with Gasteiger partial charge in [0.25, 0.3) is 11.5 Å². The van der Waals surface area contributed by atoms with Crippen LogP contribution in [-0.2, 0) is 4.79 Å². The van der Waals surface area contributed by atoms with E-state index in [0.717, 1.165) is 38.5 Å². The van der Waals surface area contributed by atoms with Crippen LogP contribution in [-0.4, -0.2) is 45.6 Å². The Morgan fingerprint density at radius 1 is 0.900 bits per heavy atom. The second-order valence-corrected chi connectivity index (χ2v) is 8.21. The lowest BCUT2D eigenvalue weighted by Gasteiger charge is -2.33. The number of carbonyl (C=O) groups is 2. The largest absolute Gasteiger partial charge is 0.353 e. The van der Waals surface area contributed by atoms with Gasteiger partial charge in [-0.05, 0) is 43.9 Å². The van der Waals surface area contributed by atoms with Crippen molar-refractivity contribution in [2.24, 2.45) is 5.92 Å². The van der Waals surface area contributed by atoms with Gasteiger partial charge in [0.2, 0.25) is 5.91 Å². The van der Waals surface area contributed by atoms with Crippen molar-refractivity contribution in [3.8, 4) is 5.69 Å². The van der Waals surface area contributed by atoms with E-state index in [1.54, 1.807) is 17.0 Å². The molecule has 2 aliphatic rings. The van der Waals surface area contributed by atoms with Gasteiger partial charge in [0.15, 0.2) is 0 Å². The second kappa shape index (κ2) is 9.24. The van der Waals surface area contributed by atoms with Gasteiger partial charge in [-0.3, -0.25) is 14.4 Å². The molecule has 0 spiro atoms. The van der Waals surface area contributed by atoms with E-state index in [1.807, 2.05) is 18.2 Å². The summed E-state index contributed by atoms with van der Waals surface area (Å²) in [4.78, 5) is 39.3. The Morgan fingerprint density at radius 3 is 2.30 bits per heavy atom. The lowest BCUT2D eigenvalue weighted by Crippen LogP contribution is -2.48. The molecule has 1 N–H and O–H groups in total. The Hall–Kier alpha value is -2.96. The average molecular weight is 409 g/mol. The molecule has 158 valence electrons. The maximum absolute atomic E-state index is 12.9. The zero-order valence-corrected chi connectivity index (χ0v) is 17.1. The first-order valence-corrected chi connectivity index (χ1v) is 10.9. The molecule has 2 aromatic rings. The van der Waals surface area contributed by atoms with Crippen LogP contribution in [0, 0.1) is 5.92 Å². The number of hydrogen-bond acceptors (Lipinski definition) is 4. The van der Waals surface area contributed by atoms with Gasteiger partial charge in [-0.2, -0.15) is 9.78 Å². The molecule has 2 amide bonds. The predicted molar refractivity (Wildman–Crippen MR) is 113 cm³/mol. The third kappa shape index (κ3) is 4.61. The van der Waals surface area contributed by atoms with E-state index in [4.69, 9.17) is 0 Å². The van der Waals surface area contributed by atoms with Crippen LogP contribution < -0.4 is 10.9 Å². The number of benzene rings is 1. The predicted octanol–water partition coefficient (Wildman–Crippen LogP) is 2.53. The molecule has 7 heteroatoms. The van der Waals surface area contributed by atoms with Gasteiger partial charge >= 0.3 is 0 Å². The number of amides is 2. The molecule has 7 nitrogen and oxygen atoms in total. The van der Waals surface area contributed by atoms with E-state index >= 15 is 0 Å². The third-order valence-corrected chi connectivity index (χ3v) is 6.12. The van der Waals surface area contributed by atoms with Crippen molar-refractivity contribution in [3.63, 3.8) is 0 Å². The van der Waals surface area contributed by atoms with Crippen LogP contribution >= 0.6 is 0 Å². The topological polar surface area (TPSA) is 84.3 Å². The standard InChI is InChI=1S/C23H28N4O3/c28-21-12-11-20(25-27(21)19-9-5-2-6-10-19)23(30)26-15-13-18(14-16-26)24-22(29)17-7-3-1-4-8-17/h2,5-6,9-12,17-18H,1,3-4,7-8,13-16H2,(H,24,29). The molecule has 30 heavy (non-hydrogen) atoms. The van der Waals surface area contributed by atoms with Crippen molar-refractivity contribution in [1.29, 1.82) is 0 Å². The number of piperidine rings is 1. The van der Waals surface area contributed by atoms with Crippen LogP contribution in [0.25, 0.3) is 5.69 Å². The fourth-order valence-corrected chi connectivity index (χ4v) is 4.35. The highest BCUT2D eigenvalue weighted by molar-refractivity contribution is 5.92. The lowest BCUT2D eigenvalue weighted by molar-refractivity contribution is -0.126. The molecular formula is C23H28N4O3. The number of nitrogens with zero attached hydrogens (tertiary/aromatic N) is 3. The Morgan fingerprint density at radius 2 is 1.60 bits per heavy atom. The van der Waals surface area contributed by atoms with E-state index in [0.29, 0.717) is 18.8 Å². The summed E-state index contributed by atoms with van der Waals surface area (Å²) in [6.45, 7) is 1.14. The highest BCUT2D eigenvalue weighted by atomic mass is 16.2. The molecule has 0 radical (unpaired) electrons. The van der Waals surface area contributed by atoms with Crippen LogP contribution in [0.2, 0.25) is 0 Å². The quantitative estimate of drug-likeness (QED) is 0.843. The molecule has 1 aliphatic heterocycles. The summed E-state index contributed by atoms with van der Waals surface area (Å²) in [6.07, 6.45) is 6.98. The van der Waals surface area contributed by atoms with Crippen molar-refractivity contribution < 1.29 is 9.59 Å². The number of hydrogen-bond donors (Lipinski definition) is 1. The van der Waals surface area contributed by atoms with Gasteiger partial charge in [-0.15, -0.1) is 0 Å². The Kier molecular flexibility index (Phi) is 6.26. The van der Waals surface area contributed by atoms with Gasteiger partial charge in [-0.1, -0.05) is 37.5 Å². The lowest BCUT2D eigenvalue weighted by atomic mass is 9.88. The molecular weight excluding hydrogens is 380 g/mol. The van der Waals surface area contributed by atoms with Gasteiger partial charge < -0.3 is 10.2 Å². The first-order valence-electron chi connectivity index (χ1n) is 10.9. The summed E-state index contributed by atoms with van der Waals surface area (Å²) in [7, 11) is 0. The first kappa shape index (κ1) is 20.3. The Bertz CT molecular complexity index is 942. The maximum atomic E-state index is 12.9.